The van der Waals surface area contributed by atoms with Crippen LogP contribution in [0.15, 0.2) is 57.4 Å². The minimum absolute atomic E-state index is 0.508. The van der Waals surface area contributed by atoms with Crippen molar-refractivity contribution < 1.29 is 4.42 Å². The molecule has 0 fully saturated rings. The second-order valence-corrected chi connectivity index (χ2v) is 5.69. The summed E-state index contributed by atoms with van der Waals surface area (Å²) < 4.78 is 6.70. The number of rotatable bonds is 3. The largest absolute Gasteiger partial charge is 0.416 e. The molecule has 0 N–H and O–H groups in total. The number of hydrogen-bond donors (Lipinski definition) is 0. The van der Waals surface area contributed by atoms with Gasteiger partial charge < -0.3 is 9.32 Å². The molecule has 0 unspecified atom stereocenters. The van der Waals surface area contributed by atoms with Crippen molar-refractivity contribution in [2.75, 3.05) is 19.0 Å². The third-order valence-corrected chi connectivity index (χ3v) is 3.85. The normalized spacial score (nSPS) is 10.6. The van der Waals surface area contributed by atoms with Gasteiger partial charge in [-0.3, -0.25) is 0 Å². The van der Waals surface area contributed by atoms with Gasteiger partial charge in [0.15, 0.2) is 0 Å². The molecule has 3 rings (SSSR count). The Hall–Kier alpha value is -2.14. The summed E-state index contributed by atoms with van der Waals surface area (Å²) in [5.41, 5.74) is 2.93. The van der Waals surface area contributed by atoms with Gasteiger partial charge in [0.1, 0.15) is 0 Å². The maximum atomic E-state index is 5.77. The summed E-state index contributed by atoms with van der Waals surface area (Å²) in [7, 11) is 4.01. The van der Waals surface area contributed by atoms with Crippen LogP contribution >= 0.6 is 15.9 Å². The van der Waals surface area contributed by atoms with Crippen LogP contribution in [-0.4, -0.2) is 24.3 Å². The molecule has 106 valence electrons. The third kappa shape index (κ3) is 2.83. The molecule has 1 aromatic heterocycles. The summed E-state index contributed by atoms with van der Waals surface area (Å²) in [6, 6.07) is 15.8. The van der Waals surface area contributed by atoms with Gasteiger partial charge in [0, 0.05) is 29.8 Å². The van der Waals surface area contributed by atoms with Crippen molar-refractivity contribution in [2.45, 2.75) is 0 Å². The first-order valence-electron chi connectivity index (χ1n) is 6.51. The molecule has 0 saturated heterocycles. The number of benzene rings is 2. The van der Waals surface area contributed by atoms with Crippen molar-refractivity contribution in [3.63, 3.8) is 0 Å². The average Bonchev–Trinajstić information content (AvgIpc) is 2.97. The van der Waals surface area contributed by atoms with Gasteiger partial charge in [-0.15, -0.1) is 10.2 Å². The number of aromatic nitrogens is 2. The molecule has 0 aliphatic rings. The molecule has 2 aromatic carbocycles. The van der Waals surface area contributed by atoms with Crippen molar-refractivity contribution in [3.05, 3.63) is 53.0 Å². The standard InChI is InChI=1S/C16H14BrN3O/c1-20(2)12-9-7-11(8-10-12)15-18-19-16(21-15)13-5-3-4-6-14(13)17/h3-10H,1-2H3. The highest BCUT2D eigenvalue weighted by Gasteiger charge is 2.12. The van der Waals surface area contributed by atoms with Crippen LogP contribution in [0.1, 0.15) is 0 Å². The molecule has 0 atom stereocenters. The Morgan fingerprint density at radius 3 is 2.24 bits per heavy atom. The predicted molar refractivity (Wildman–Crippen MR) is 87.2 cm³/mol. The van der Waals surface area contributed by atoms with Crippen molar-refractivity contribution in [1.82, 2.24) is 10.2 Å². The third-order valence-electron chi connectivity index (χ3n) is 3.16. The summed E-state index contributed by atoms with van der Waals surface area (Å²) >= 11 is 3.49. The van der Waals surface area contributed by atoms with Crippen LogP contribution in [-0.2, 0) is 0 Å². The average molecular weight is 344 g/mol. The lowest BCUT2D eigenvalue weighted by atomic mass is 10.2. The molecule has 0 radical (unpaired) electrons. The lowest BCUT2D eigenvalue weighted by Crippen LogP contribution is -2.07. The molecule has 0 amide bonds. The molecule has 0 aliphatic carbocycles. The first-order valence-corrected chi connectivity index (χ1v) is 7.30. The Labute approximate surface area is 131 Å². The number of anilines is 1. The Bertz CT molecular complexity index is 750. The van der Waals surface area contributed by atoms with Gasteiger partial charge in [-0.1, -0.05) is 12.1 Å². The fraction of sp³-hybridized carbons (Fsp3) is 0.125. The highest BCUT2D eigenvalue weighted by molar-refractivity contribution is 9.10. The van der Waals surface area contributed by atoms with Gasteiger partial charge in [0.05, 0.1) is 5.56 Å². The molecule has 21 heavy (non-hydrogen) atoms. The second-order valence-electron chi connectivity index (χ2n) is 4.83. The molecule has 0 saturated carbocycles. The van der Waals surface area contributed by atoms with E-state index in [-0.39, 0.29) is 0 Å². The summed E-state index contributed by atoms with van der Waals surface area (Å²) in [5.74, 6) is 1.03. The topological polar surface area (TPSA) is 42.2 Å². The molecule has 3 aromatic rings. The van der Waals surface area contributed by atoms with Gasteiger partial charge >= 0.3 is 0 Å². The van der Waals surface area contributed by atoms with Crippen LogP contribution in [0.3, 0.4) is 0 Å². The van der Waals surface area contributed by atoms with E-state index in [2.05, 4.69) is 26.1 Å². The van der Waals surface area contributed by atoms with Crippen molar-refractivity contribution in [2.24, 2.45) is 0 Å². The predicted octanol–water partition coefficient (Wildman–Crippen LogP) is 4.23. The van der Waals surface area contributed by atoms with E-state index in [0.29, 0.717) is 11.8 Å². The monoisotopic (exact) mass is 343 g/mol. The Morgan fingerprint density at radius 2 is 1.57 bits per heavy atom. The van der Waals surface area contributed by atoms with E-state index in [0.717, 1.165) is 21.3 Å². The minimum Gasteiger partial charge on any atom is -0.416 e. The quantitative estimate of drug-likeness (QED) is 0.713. The Morgan fingerprint density at radius 1 is 0.905 bits per heavy atom. The van der Waals surface area contributed by atoms with Crippen LogP contribution in [0.2, 0.25) is 0 Å². The Kier molecular flexibility index (Phi) is 3.75. The molecular formula is C16H14BrN3O. The molecular weight excluding hydrogens is 330 g/mol. The van der Waals surface area contributed by atoms with Crippen LogP contribution in [0.5, 0.6) is 0 Å². The second kappa shape index (κ2) is 5.69. The van der Waals surface area contributed by atoms with E-state index in [9.17, 15) is 0 Å². The zero-order valence-electron chi connectivity index (χ0n) is 11.7. The smallest absolute Gasteiger partial charge is 0.249 e. The van der Waals surface area contributed by atoms with Crippen LogP contribution in [0, 0.1) is 0 Å². The summed E-state index contributed by atoms with van der Waals surface area (Å²) in [4.78, 5) is 2.05. The SMILES string of the molecule is CN(C)c1ccc(-c2nnc(-c3ccccc3Br)o2)cc1. The number of halogens is 1. The van der Waals surface area contributed by atoms with E-state index in [1.165, 1.54) is 0 Å². The van der Waals surface area contributed by atoms with Crippen LogP contribution in [0.25, 0.3) is 22.9 Å². The lowest BCUT2D eigenvalue weighted by molar-refractivity contribution is 0.584. The molecule has 0 aliphatic heterocycles. The zero-order chi connectivity index (χ0) is 14.8. The van der Waals surface area contributed by atoms with E-state index in [1.54, 1.807) is 0 Å². The molecule has 0 spiro atoms. The van der Waals surface area contributed by atoms with Crippen LogP contribution in [0.4, 0.5) is 5.69 Å². The fourth-order valence-electron chi connectivity index (χ4n) is 1.99. The maximum Gasteiger partial charge on any atom is 0.249 e. The fourth-order valence-corrected chi connectivity index (χ4v) is 2.44. The van der Waals surface area contributed by atoms with Gasteiger partial charge in [-0.05, 0) is 52.3 Å². The van der Waals surface area contributed by atoms with E-state index >= 15 is 0 Å². The maximum absolute atomic E-state index is 5.77. The summed E-state index contributed by atoms with van der Waals surface area (Å²) in [6.07, 6.45) is 0. The Balaban J connectivity index is 1.93. The van der Waals surface area contributed by atoms with Gasteiger partial charge in [-0.25, -0.2) is 0 Å². The first kappa shape index (κ1) is 13.8. The highest BCUT2D eigenvalue weighted by atomic mass is 79.9. The molecule has 5 heteroatoms. The highest BCUT2D eigenvalue weighted by Crippen LogP contribution is 2.29. The van der Waals surface area contributed by atoms with Crippen LogP contribution < -0.4 is 4.90 Å². The van der Waals surface area contributed by atoms with Crippen molar-refractivity contribution in [1.29, 1.82) is 0 Å². The molecule has 1 heterocycles. The van der Waals surface area contributed by atoms with Gasteiger partial charge in [0.2, 0.25) is 11.8 Å². The zero-order valence-corrected chi connectivity index (χ0v) is 13.3. The molecule has 4 nitrogen and oxygen atoms in total. The number of nitrogens with zero attached hydrogens (tertiary/aromatic N) is 3. The first-order chi connectivity index (χ1) is 10.1. The van der Waals surface area contributed by atoms with Crippen molar-refractivity contribution in [3.8, 4) is 22.9 Å². The van der Waals surface area contributed by atoms with E-state index in [4.69, 9.17) is 4.42 Å². The summed E-state index contributed by atoms with van der Waals surface area (Å²) in [5, 5.41) is 8.25. The van der Waals surface area contributed by atoms with Gasteiger partial charge in [0.25, 0.3) is 0 Å². The van der Waals surface area contributed by atoms with Gasteiger partial charge in [-0.2, -0.15) is 0 Å². The lowest BCUT2D eigenvalue weighted by Gasteiger charge is -2.11. The number of hydrogen-bond acceptors (Lipinski definition) is 4. The summed E-state index contributed by atoms with van der Waals surface area (Å²) in [6.45, 7) is 0. The molecule has 0 bridgehead atoms. The minimum atomic E-state index is 0.508. The van der Waals surface area contributed by atoms with E-state index < -0.39 is 0 Å². The van der Waals surface area contributed by atoms with Crippen molar-refractivity contribution >= 4 is 21.6 Å². The van der Waals surface area contributed by atoms with E-state index in [1.807, 2.05) is 67.5 Å².